The number of carbonyl (C=O) groups excluding carboxylic acids is 4. The van der Waals surface area contributed by atoms with E-state index in [1.165, 1.54) is 11.0 Å². The normalized spacial score (nSPS) is 15.1. The van der Waals surface area contributed by atoms with Crippen LogP contribution in [-0.4, -0.2) is 70.5 Å². The number of rotatable bonds is 11. The van der Waals surface area contributed by atoms with E-state index in [0.717, 1.165) is 6.42 Å². The molecule has 2 atom stereocenters. The lowest BCUT2D eigenvalue weighted by Gasteiger charge is -2.43. The summed E-state index contributed by atoms with van der Waals surface area (Å²) in [6.07, 6.45) is 1.51. The third kappa shape index (κ3) is 8.84. The molecule has 1 saturated carbocycles. The van der Waals surface area contributed by atoms with E-state index in [-0.39, 0.29) is 37.1 Å². The quantitative estimate of drug-likeness (QED) is 0.252. The average Bonchev–Trinajstić information content (AvgIpc) is 2.76. The van der Waals surface area contributed by atoms with Gasteiger partial charge in [-0.1, -0.05) is 6.07 Å². The number of phenols is 1. The van der Waals surface area contributed by atoms with Crippen LogP contribution in [0, 0.1) is 6.92 Å². The van der Waals surface area contributed by atoms with Crippen molar-refractivity contribution in [1.82, 2.24) is 15.5 Å². The predicted octanol–water partition coefficient (Wildman–Crippen LogP) is 3.02. The lowest BCUT2D eigenvalue weighted by Crippen LogP contribution is -2.58. The molecule has 0 aliphatic heterocycles. The van der Waals surface area contributed by atoms with Gasteiger partial charge >= 0.3 is 12.1 Å². The first-order chi connectivity index (χ1) is 17.4. The molecule has 37 heavy (non-hydrogen) atoms. The van der Waals surface area contributed by atoms with Gasteiger partial charge in [-0.2, -0.15) is 12.6 Å². The summed E-state index contributed by atoms with van der Waals surface area (Å²) >= 11 is 4.28. The second-order valence-electron chi connectivity index (χ2n) is 10.0. The molecule has 0 aromatic heterocycles. The minimum Gasteiger partial charge on any atom is -0.508 e. The summed E-state index contributed by atoms with van der Waals surface area (Å²) in [6, 6.07) is 2.40. The number of esters is 1. The smallest absolute Gasteiger partial charge is 0.408 e. The van der Waals surface area contributed by atoms with Crippen LogP contribution < -0.4 is 10.6 Å². The molecule has 0 spiro atoms. The number of phenolic OH excluding ortho intramolecular Hbond substituents is 1. The molecule has 3 N–H and O–H groups in total. The van der Waals surface area contributed by atoms with Crippen molar-refractivity contribution in [3.8, 4) is 5.75 Å². The molecule has 0 bridgehead atoms. The lowest BCUT2D eigenvalue weighted by atomic mass is 9.88. The van der Waals surface area contributed by atoms with Crippen molar-refractivity contribution in [1.29, 1.82) is 0 Å². The monoisotopic (exact) mass is 537 g/mol. The van der Waals surface area contributed by atoms with Gasteiger partial charge in [0.1, 0.15) is 23.4 Å². The van der Waals surface area contributed by atoms with Crippen molar-refractivity contribution in [3.63, 3.8) is 0 Å². The van der Waals surface area contributed by atoms with Gasteiger partial charge in [0.2, 0.25) is 11.8 Å². The molecule has 11 heteroatoms. The Kier molecular flexibility index (Phi) is 11.1. The van der Waals surface area contributed by atoms with Gasteiger partial charge in [-0.15, -0.1) is 0 Å². The van der Waals surface area contributed by atoms with E-state index < -0.39 is 41.6 Å². The molecule has 1 aliphatic rings. The molecular weight excluding hydrogens is 498 g/mol. The zero-order valence-electron chi connectivity index (χ0n) is 22.2. The van der Waals surface area contributed by atoms with Crippen LogP contribution in [-0.2, 0) is 23.9 Å². The summed E-state index contributed by atoms with van der Waals surface area (Å²) in [6.45, 7) is 8.82. The Balaban J connectivity index is 2.38. The van der Waals surface area contributed by atoms with Crippen LogP contribution in [0.25, 0.3) is 0 Å². The van der Waals surface area contributed by atoms with Crippen LogP contribution in [0.5, 0.6) is 5.75 Å². The fraction of sp³-hybridized carbons (Fsp3) is 0.615. The SMILES string of the molecule is CCOC(=O)CCNC(=O)C(c1ccc(O)c(C)c1)N(C(=O)C(CS)NC(=O)OC(C)(C)C)C1CCC1. The third-order valence-corrected chi connectivity index (χ3v) is 6.26. The van der Waals surface area contributed by atoms with Crippen LogP contribution in [0.15, 0.2) is 18.2 Å². The van der Waals surface area contributed by atoms with E-state index in [2.05, 4.69) is 23.3 Å². The number of nitrogens with one attached hydrogen (secondary N) is 2. The van der Waals surface area contributed by atoms with Crippen molar-refractivity contribution >= 4 is 36.5 Å². The Labute approximate surface area is 223 Å². The molecule has 0 heterocycles. The Morgan fingerprint density at radius 2 is 1.89 bits per heavy atom. The number of aryl methyl sites for hydroxylation is 1. The van der Waals surface area contributed by atoms with Crippen molar-refractivity contribution in [3.05, 3.63) is 29.3 Å². The summed E-state index contributed by atoms with van der Waals surface area (Å²) < 4.78 is 10.2. The maximum Gasteiger partial charge on any atom is 0.408 e. The predicted molar refractivity (Wildman–Crippen MR) is 141 cm³/mol. The minimum atomic E-state index is -1.05. The number of nitrogens with zero attached hydrogens (tertiary/aromatic N) is 1. The van der Waals surface area contributed by atoms with Gasteiger partial charge in [0, 0.05) is 18.3 Å². The van der Waals surface area contributed by atoms with Gasteiger partial charge in [0.15, 0.2) is 0 Å². The van der Waals surface area contributed by atoms with E-state index in [4.69, 9.17) is 9.47 Å². The van der Waals surface area contributed by atoms with Gasteiger partial charge in [-0.25, -0.2) is 4.79 Å². The number of thiol groups is 1. The summed E-state index contributed by atoms with van der Waals surface area (Å²) in [5, 5.41) is 15.4. The molecule has 10 nitrogen and oxygen atoms in total. The number of hydrogen-bond donors (Lipinski definition) is 4. The minimum absolute atomic E-state index is 0.00685. The molecule has 2 unspecified atom stereocenters. The van der Waals surface area contributed by atoms with Crippen LogP contribution in [0.1, 0.15) is 70.5 Å². The van der Waals surface area contributed by atoms with Crippen LogP contribution in [0.4, 0.5) is 4.79 Å². The van der Waals surface area contributed by atoms with Gasteiger partial charge in [-0.05, 0) is 77.1 Å². The van der Waals surface area contributed by atoms with Crippen molar-refractivity contribution in [2.24, 2.45) is 0 Å². The number of hydrogen-bond acceptors (Lipinski definition) is 8. The Bertz CT molecular complexity index is 975. The van der Waals surface area contributed by atoms with E-state index in [0.29, 0.717) is 24.0 Å². The molecule has 0 saturated heterocycles. The highest BCUT2D eigenvalue weighted by atomic mass is 32.1. The first kappa shape index (κ1) is 30.3. The number of alkyl carbamates (subject to hydrolysis) is 1. The number of amides is 3. The molecule has 1 fully saturated rings. The standard InChI is InChI=1S/C26H39N3O7S/c1-6-35-21(31)12-13-27-23(32)22(17-10-11-20(30)16(2)14-17)29(18-8-7-9-18)24(33)19(15-37)28-25(34)36-26(3,4)5/h10-11,14,18-19,22,30,37H,6-9,12-13,15H2,1-5H3,(H,27,32)(H,28,34). The second kappa shape index (κ2) is 13.6. The summed E-state index contributed by atoms with van der Waals surface area (Å²) in [5.74, 6) is -1.34. The number of aromatic hydroxyl groups is 1. The first-order valence-corrected chi connectivity index (χ1v) is 13.2. The fourth-order valence-electron chi connectivity index (χ4n) is 3.90. The first-order valence-electron chi connectivity index (χ1n) is 12.5. The molecular formula is C26H39N3O7S. The molecule has 1 aromatic carbocycles. The van der Waals surface area contributed by atoms with Gasteiger partial charge in [0.25, 0.3) is 0 Å². The molecule has 206 valence electrons. The molecule has 1 aromatic rings. The van der Waals surface area contributed by atoms with E-state index in [1.807, 2.05) is 0 Å². The average molecular weight is 538 g/mol. The lowest BCUT2D eigenvalue weighted by molar-refractivity contribution is -0.147. The number of ether oxygens (including phenoxy) is 2. The van der Waals surface area contributed by atoms with Crippen LogP contribution >= 0.6 is 12.6 Å². The highest BCUT2D eigenvalue weighted by Crippen LogP contribution is 2.35. The van der Waals surface area contributed by atoms with Crippen molar-refractivity contribution < 1.29 is 33.8 Å². The zero-order chi connectivity index (χ0) is 27.8. The summed E-state index contributed by atoms with van der Waals surface area (Å²) in [4.78, 5) is 53.1. The number of carbonyl (C=O) groups is 4. The number of benzene rings is 1. The van der Waals surface area contributed by atoms with E-state index >= 15 is 0 Å². The zero-order valence-corrected chi connectivity index (χ0v) is 23.1. The fourth-order valence-corrected chi connectivity index (χ4v) is 4.15. The molecule has 0 radical (unpaired) electrons. The van der Waals surface area contributed by atoms with Gasteiger partial charge in [-0.3, -0.25) is 14.4 Å². The van der Waals surface area contributed by atoms with Crippen LogP contribution in [0.3, 0.4) is 0 Å². The Morgan fingerprint density at radius 3 is 2.41 bits per heavy atom. The van der Waals surface area contributed by atoms with E-state index in [1.54, 1.807) is 46.8 Å². The highest BCUT2D eigenvalue weighted by Gasteiger charge is 2.41. The summed E-state index contributed by atoms with van der Waals surface area (Å²) in [7, 11) is 0. The molecule has 2 rings (SSSR count). The highest BCUT2D eigenvalue weighted by molar-refractivity contribution is 7.80. The van der Waals surface area contributed by atoms with Gasteiger partial charge in [0.05, 0.1) is 13.0 Å². The second-order valence-corrected chi connectivity index (χ2v) is 10.4. The maximum atomic E-state index is 13.9. The summed E-state index contributed by atoms with van der Waals surface area (Å²) in [5.41, 5.74) is 0.284. The topological polar surface area (TPSA) is 134 Å². The molecule has 3 amide bonds. The third-order valence-electron chi connectivity index (χ3n) is 5.89. The Hall–Kier alpha value is -2.95. The van der Waals surface area contributed by atoms with Crippen LogP contribution in [0.2, 0.25) is 0 Å². The largest absolute Gasteiger partial charge is 0.508 e. The maximum absolute atomic E-state index is 13.9. The Morgan fingerprint density at radius 1 is 1.22 bits per heavy atom. The molecule has 1 aliphatic carbocycles. The van der Waals surface area contributed by atoms with Crippen molar-refractivity contribution in [2.75, 3.05) is 18.9 Å². The van der Waals surface area contributed by atoms with E-state index in [9.17, 15) is 24.3 Å². The van der Waals surface area contributed by atoms with Gasteiger partial charge < -0.3 is 30.1 Å². The van der Waals surface area contributed by atoms with Crippen molar-refractivity contribution in [2.45, 2.75) is 84.0 Å².